The van der Waals surface area contributed by atoms with Gasteiger partial charge in [0.25, 0.3) is 0 Å². The lowest BCUT2D eigenvalue weighted by molar-refractivity contribution is 0.0975. The highest BCUT2D eigenvalue weighted by atomic mass is 35.5. The molecule has 0 amide bonds. The van der Waals surface area contributed by atoms with Crippen molar-refractivity contribution < 1.29 is 4.79 Å². The van der Waals surface area contributed by atoms with Crippen molar-refractivity contribution in [3.8, 4) is 0 Å². The fourth-order valence-corrected chi connectivity index (χ4v) is 2.33. The summed E-state index contributed by atoms with van der Waals surface area (Å²) in [5.74, 6) is 0.287. The molecule has 0 aliphatic heterocycles. The number of rotatable bonds is 4. The van der Waals surface area contributed by atoms with Crippen LogP contribution in [0.5, 0.6) is 0 Å². The van der Waals surface area contributed by atoms with Crippen molar-refractivity contribution in [1.29, 1.82) is 0 Å². The molecule has 0 aromatic heterocycles. The monoisotopic (exact) mass is 258 g/mol. The summed E-state index contributed by atoms with van der Waals surface area (Å²) in [5, 5.41) is 0.728. The Labute approximate surface area is 112 Å². The van der Waals surface area contributed by atoms with Crippen LogP contribution in [0.25, 0.3) is 0 Å². The van der Waals surface area contributed by atoms with Gasteiger partial charge in [-0.1, -0.05) is 67.1 Å². The van der Waals surface area contributed by atoms with Gasteiger partial charge in [-0.25, -0.2) is 0 Å². The molecule has 1 unspecified atom stereocenters. The van der Waals surface area contributed by atoms with E-state index in [4.69, 9.17) is 11.6 Å². The van der Waals surface area contributed by atoms with E-state index in [9.17, 15) is 4.79 Å². The van der Waals surface area contributed by atoms with Crippen molar-refractivity contribution in [2.75, 3.05) is 0 Å². The van der Waals surface area contributed by atoms with Gasteiger partial charge in [0.2, 0.25) is 0 Å². The van der Waals surface area contributed by atoms with E-state index in [1.807, 2.05) is 61.5 Å². The highest BCUT2D eigenvalue weighted by Crippen LogP contribution is 2.27. The number of carbonyl (C=O) groups excluding carboxylic acids is 1. The molecule has 0 spiro atoms. The first kappa shape index (κ1) is 12.8. The van der Waals surface area contributed by atoms with Crippen LogP contribution in [0.2, 0.25) is 5.02 Å². The average Bonchev–Trinajstić information content (AvgIpc) is 2.40. The highest BCUT2D eigenvalue weighted by Gasteiger charge is 2.14. The van der Waals surface area contributed by atoms with Gasteiger partial charge in [-0.05, 0) is 17.5 Å². The van der Waals surface area contributed by atoms with Gasteiger partial charge in [0, 0.05) is 17.0 Å². The number of halogens is 1. The molecule has 1 atom stereocenters. The van der Waals surface area contributed by atoms with E-state index >= 15 is 0 Å². The third-order valence-electron chi connectivity index (χ3n) is 3.02. The third kappa shape index (κ3) is 2.99. The number of carbonyl (C=O) groups is 1. The van der Waals surface area contributed by atoms with Gasteiger partial charge in [0.15, 0.2) is 5.78 Å². The van der Waals surface area contributed by atoms with Crippen molar-refractivity contribution in [2.45, 2.75) is 19.3 Å². The molecular weight excluding hydrogens is 244 g/mol. The first-order chi connectivity index (χ1) is 8.68. The van der Waals surface area contributed by atoms with Crippen LogP contribution in [0.3, 0.4) is 0 Å². The Kier molecular flexibility index (Phi) is 4.16. The lowest BCUT2D eigenvalue weighted by Crippen LogP contribution is -2.05. The van der Waals surface area contributed by atoms with Crippen LogP contribution >= 0.6 is 11.6 Å². The van der Waals surface area contributed by atoms with E-state index in [0.29, 0.717) is 6.42 Å². The van der Waals surface area contributed by atoms with Crippen LogP contribution in [-0.4, -0.2) is 5.78 Å². The summed E-state index contributed by atoms with van der Waals surface area (Å²) in [4.78, 5) is 12.1. The normalized spacial score (nSPS) is 12.1. The summed E-state index contributed by atoms with van der Waals surface area (Å²) in [6.45, 7) is 2.03. The number of benzene rings is 2. The molecule has 18 heavy (non-hydrogen) atoms. The Morgan fingerprint density at radius 1 is 1.06 bits per heavy atom. The molecule has 1 nitrogen and oxygen atoms in total. The first-order valence-electron chi connectivity index (χ1n) is 6.01. The molecule has 0 bridgehead atoms. The minimum Gasteiger partial charge on any atom is -0.294 e. The quantitative estimate of drug-likeness (QED) is 0.726. The number of ketones is 1. The Balaban J connectivity index is 2.11. The van der Waals surface area contributed by atoms with Gasteiger partial charge in [-0.2, -0.15) is 0 Å². The second-order valence-electron chi connectivity index (χ2n) is 4.42. The topological polar surface area (TPSA) is 17.1 Å². The summed E-state index contributed by atoms with van der Waals surface area (Å²) in [7, 11) is 0. The molecule has 2 aromatic carbocycles. The van der Waals surface area contributed by atoms with Crippen LogP contribution in [-0.2, 0) is 0 Å². The van der Waals surface area contributed by atoms with E-state index in [2.05, 4.69) is 0 Å². The lowest BCUT2D eigenvalue weighted by Gasteiger charge is -2.12. The molecule has 0 heterocycles. The molecule has 92 valence electrons. The zero-order valence-corrected chi connectivity index (χ0v) is 11.0. The molecule has 0 N–H and O–H groups in total. The fourth-order valence-electron chi connectivity index (χ4n) is 2.00. The van der Waals surface area contributed by atoms with Crippen molar-refractivity contribution in [1.82, 2.24) is 0 Å². The second-order valence-corrected chi connectivity index (χ2v) is 4.82. The standard InChI is InChI=1S/C16H15ClO/c1-12(14-9-5-6-10-15(14)17)11-16(18)13-7-3-2-4-8-13/h2-10,12H,11H2,1H3. The maximum absolute atomic E-state index is 12.1. The second kappa shape index (κ2) is 5.83. The Bertz CT molecular complexity index is 534. The zero-order chi connectivity index (χ0) is 13.0. The fraction of sp³-hybridized carbons (Fsp3) is 0.188. The van der Waals surface area contributed by atoms with Gasteiger partial charge < -0.3 is 0 Å². The van der Waals surface area contributed by atoms with Gasteiger partial charge in [-0.15, -0.1) is 0 Å². The molecular formula is C16H15ClO. The minimum absolute atomic E-state index is 0.131. The van der Waals surface area contributed by atoms with Crippen molar-refractivity contribution in [2.24, 2.45) is 0 Å². The Morgan fingerprint density at radius 3 is 2.33 bits per heavy atom. The van der Waals surface area contributed by atoms with E-state index in [0.717, 1.165) is 16.1 Å². The Morgan fingerprint density at radius 2 is 1.67 bits per heavy atom. The summed E-state index contributed by atoms with van der Waals surface area (Å²) in [6, 6.07) is 17.1. The van der Waals surface area contributed by atoms with Gasteiger partial charge in [0.1, 0.15) is 0 Å². The summed E-state index contributed by atoms with van der Waals surface area (Å²) in [5.41, 5.74) is 1.79. The molecule has 0 radical (unpaired) electrons. The van der Waals surface area contributed by atoms with Gasteiger partial charge in [0.05, 0.1) is 0 Å². The Hall–Kier alpha value is -1.60. The van der Waals surface area contributed by atoms with Crippen LogP contribution < -0.4 is 0 Å². The largest absolute Gasteiger partial charge is 0.294 e. The van der Waals surface area contributed by atoms with Crippen molar-refractivity contribution in [3.63, 3.8) is 0 Å². The zero-order valence-electron chi connectivity index (χ0n) is 10.3. The van der Waals surface area contributed by atoms with Crippen LogP contribution in [0.4, 0.5) is 0 Å². The molecule has 0 saturated carbocycles. The molecule has 0 saturated heterocycles. The summed E-state index contributed by atoms with van der Waals surface area (Å²) in [6.07, 6.45) is 0.480. The van der Waals surface area contributed by atoms with Crippen molar-refractivity contribution in [3.05, 3.63) is 70.7 Å². The van der Waals surface area contributed by atoms with E-state index in [1.165, 1.54) is 0 Å². The molecule has 2 heteroatoms. The third-order valence-corrected chi connectivity index (χ3v) is 3.37. The van der Waals surface area contributed by atoms with E-state index in [-0.39, 0.29) is 11.7 Å². The lowest BCUT2D eigenvalue weighted by atomic mass is 9.93. The maximum atomic E-state index is 12.1. The molecule has 0 aliphatic carbocycles. The molecule has 2 aromatic rings. The van der Waals surface area contributed by atoms with Gasteiger partial charge >= 0.3 is 0 Å². The summed E-state index contributed by atoms with van der Waals surface area (Å²) >= 11 is 6.14. The average molecular weight is 259 g/mol. The van der Waals surface area contributed by atoms with E-state index in [1.54, 1.807) is 0 Å². The van der Waals surface area contributed by atoms with E-state index < -0.39 is 0 Å². The smallest absolute Gasteiger partial charge is 0.163 e. The van der Waals surface area contributed by atoms with Crippen LogP contribution in [0, 0.1) is 0 Å². The number of hydrogen-bond acceptors (Lipinski definition) is 1. The molecule has 0 fully saturated rings. The first-order valence-corrected chi connectivity index (χ1v) is 6.39. The number of Topliss-reactive ketones (excluding diaryl/α,β-unsaturated/α-hetero) is 1. The molecule has 2 rings (SSSR count). The predicted molar refractivity (Wildman–Crippen MR) is 75.3 cm³/mol. The maximum Gasteiger partial charge on any atom is 0.163 e. The van der Waals surface area contributed by atoms with Crippen LogP contribution in [0.15, 0.2) is 54.6 Å². The molecule has 0 aliphatic rings. The minimum atomic E-state index is 0.131. The predicted octanol–water partition coefficient (Wildman–Crippen LogP) is 4.72. The van der Waals surface area contributed by atoms with Crippen molar-refractivity contribution >= 4 is 17.4 Å². The van der Waals surface area contributed by atoms with Gasteiger partial charge in [-0.3, -0.25) is 4.79 Å². The summed E-state index contributed by atoms with van der Waals surface area (Å²) < 4.78 is 0. The SMILES string of the molecule is CC(CC(=O)c1ccccc1)c1ccccc1Cl. The highest BCUT2D eigenvalue weighted by molar-refractivity contribution is 6.31. The number of hydrogen-bond donors (Lipinski definition) is 0. The van der Waals surface area contributed by atoms with Crippen LogP contribution in [0.1, 0.15) is 35.2 Å².